The number of hydrogen-bond acceptors (Lipinski definition) is 4. The number of pyridine rings is 1. The quantitative estimate of drug-likeness (QED) is 0.905. The first-order valence-corrected chi connectivity index (χ1v) is 7.74. The number of amides is 1. The zero-order chi connectivity index (χ0) is 15.4. The van der Waals surface area contributed by atoms with Crippen LogP contribution in [0, 0.1) is 13.8 Å². The molecule has 5 nitrogen and oxygen atoms in total. The van der Waals surface area contributed by atoms with Crippen molar-refractivity contribution >= 4 is 5.91 Å². The van der Waals surface area contributed by atoms with Gasteiger partial charge in [-0.1, -0.05) is 6.92 Å². The lowest BCUT2D eigenvalue weighted by atomic mass is 10.1. The second-order valence-corrected chi connectivity index (χ2v) is 5.71. The zero-order valence-electron chi connectivity index (χ0n) is 13.3. The molecule has 116 valence electrons. The summed E-state index contributed by atoms with van der Waals surface area (Å²) in [4.78, 5) is 21.3. The van der Waals surface area contributed by atoms with Gasteiger partial charge < -0.3 is 10.6 Å². The highest BCUT2D eigenvalue weighted by molar-refractivity contribution is 5.95. The third-order valence-electron chi connectivity index (χ3n) is 4.32. The van der Waals surface area contributed by atoms with Gasteiger partial charge in [0.15, 0.2) is 0 Å². The van der Waals surface area contributed by atoms with Crippen molar-refractivity contribution in [2.75, 3.05) is 32.7 Å². The summed E-state index contributed by atoms with van der Waals surface area (Å²) < 4.78 is 0. The minimum atomic E-state index is 0.0976. The topological polar surface area (TPSA) is 62.5 Å². The molecule has 0 bridgehead atoms. The van der Waals surface area contributed by atoms with E-state index in [1.54, 1.807) is 0 Å². The molecule has 5 heteroatoms. The molecular formula is C16H26N4O. The Morgan fingerprint density at radius 2 is 1.95 bits per heavy atom. The molecule has 0 aliphatic carbocycles. The maximum absolute atomic E-state index is 12.6. The van der Waals surface area contributed by atoms with Crippen molar-refractivity contribution < 1.29 is 4.79 Å². The van der Waals surface area contributed by atoms with Crippen LogP contribution in [0.2, 0.25) is 0 Å². The van der Waals surface area contributed by atoms with Crippen molar-refractivity contribution in [3.05, 3.63) is 29.1 Å². The van der Waals surface area contributed by atoms with Crippen molar-refractivity contribution in [3.63, 3.8) is 0 Å². The first-order chi connectivity index (χ1) is 10.1. The molecule has 1 fully saturated rings. The molecule has 2 heterocycles. The summed E-state index contributed by atoms with van der Waals surface area (Å²) in [5.74, 6) is 0.0976. The predicted molar refractivity (Wildman–Crippen MR) is 84.3 cm³/mol. The summed E-state index contributed by atoms with van der Waals surface area (Å²) in [6.45, 7) is 10.0. The van der Waals surface area contributed by atoms with Crippen LogP contribution in [0.25, 0.3) is 0 Å². The smallest absolute Gasteiger partial charge is 0.255 e. The van der Waals surface area contributed by atoms with E-state index >= 15 is 0 Å². The van der Waals surface area contributed by atoms with E-state index < -0.39 is 0 Å². The van der Waals surface area contributed by atoms with E-state index in [0.29, 0.717) is 12.6 Å². The van der Waals surface area contributed by atoms with Crippen molar-refractivity contribution in [1.82, 2.24) is 14.8 Å². The zero-order valence-corrected chi connectivity index (χ0v) is 13.3. The van der Waals surface area contributed by atoms with E-state index in [4.69, 9.17) is 5.73 Å². The molecule has 1 saturated heterocycles. The van der Waals surface area contributed by atoms with Gasteiger partial charge in [0.1, 0.15) is 0 Å². The highest BCUT2D eigenvalue weighted by atomic mass is 16.2. The molecular weight excluding hydrogens is 264 g/mol. The van der Waals surface area contributed by atoms with Gasteiger partial charge >= 0.3 is 0 Å². The Balaban J connectivity index is 2.00. The van der Waals surface area contributed by atoms with Crippen molar-refractivity contribution in [1.29, 1.82) is 0 Å². The minimum Gasteiger partial charge on any atom is -0.336 e. The fourth-order valence-corrected chi connectivity index (χ4v) is 2.95. The van der Waals surface area contributed by atoms with Crippen LogP contribution in [0.15, 0.2) is 12.1 Å². The Morgan fingerprint density at radius 1 is 1.29 bits per heavy atom. The molecule has 1 atom stereocenters. The Hall–Kier alpha value is -1.46. The molecule has 1 unspecified atom stereocenters. The summed E-state index contributed by atoms with van der Waals surface area (Å²) in [6.07, 6.45) is 1.06. The normalized spacial score (nSPS) is 17.8. The Bertz CT molecular complexity index is 491. The van der Waals surface area contributed by atoms with Gasteiger partial charge in [0, 0.05) is 44.5 Å². The molecule has 0 radical (unpaired) electrons. The molecule has 1 amide bonds. The first-order valence-electron chi connectivity index (χ1n) is 7.74. The van der Waals surface area contributed by atoms with Gasteiger partial charge in [-0.15, -0.1) is 0 Å². The SMILES string of the molecule is CCC(CN)N1CCN(C(=O)c2ccc(C)nc2C)CC1. The molecule has 2 rings (SSSR count). The maximum atomic E-state index is 12.6. The number of rotatable bonds is 4. The average Bonchev–Trinajstić information content (AvgIpc) is 2.48. The fraction of sp³-hybridized carbons (Fsp3) is 0.625. The number of nitrogens with two attached hydrogens (primary N) is 1. The van der Waals surface area contributed by atoms with Gasteiger partial charge in [0.05, 0.1) is 11.3 Å². The van der Waals surface area contributed by atoms with Gasteiger partial charge in [-0.2, -0.15) is 0 Å². The molecule has 1 aliphatic heterocycles. The maximum Gasteiger partial charge on any atom is 0.255 e. The van der Waals surface area contributed by atoms with E-state index in [1.807, 2.05) is 30.9 Å². The third kappa shape index (κ3) is 3.60. The molecule has 2 N–H and O–H groups in total. The van der Waals surface area contributed by atoms with E-state index in [-0.39, 0.29) is 5.91 Å². The molecule has 21 heavy (non-hydrogen) atoms. The summed E-state index contributed by atoms with van der Waals surface area (Å²) in [7, 11) is 0. The number of aromatic nitrogens is 1. The number of nitrogens with zero attached hydrogens (tertiary/aromatic N) is 3. The highest BCUT2D eigenvalue weighted by Crippen LogP contribution is 2.14. The number of aryl methyl sites for hydroxylation is 2. The van der Waals surface area contributed by atoms with E-state index in [9.17, 15) is 4.79 Å². The highest BCUT2D eigenvalue weighted by Gasteiger charge is 2.26. The third-order valence-corrected chi connectivity index (χ3v) is 4.32. The Morgan fingerprint density at radius 3 is 2.48 bits per heavy atom. The van der Waals surface area contributed by atoms with E-state index in [2.05, 4.69) is 16.8 Å². The van der Waals surface area contributed by atoms with Crippen molar-refractivity contribution in [3.8, 4) is 0 Å². The lowest BCUT2D eigenvalue weighted by molar-refractivity contribution is 0.0570. The van der Waals surface area contributed by atoms with Crippen LogP contribution in [-0.2, 0) is 0 Å². The van der Waals surface area contributed by atoms with Crippen LogP contribution in [0.4, 0.5) is 0 Å². The molecule has 1 aliphatic rings. The Kier molecular flexibility index (Phi) is 5.31. The standard InChI is InChI=1S/C16H26N4O/c1-4-14(11-17)19-7-9-20(10-8-19)16(21)15-6-5-12(2)18-13(15)3/h5-6,14H,4,7-11,17H2,1-3H3. The second kappa shape index (κ2) is 7.00. The average molecular weight is 290 g/mol. The van der Waals surface area contributed by atoms with E-state index in [0.717, 1.165) is 49.6 Å². The van der Waals surface area contributed by atoms with Crippen molar-refractivity contribution in [2.45, 2.75) is 33.2 Å². The lowest BCUT2D eigenvalue weighted by Gasteiger charge is -2.38. The first kappa shape index (κ1) is 15.9. The molecule has 0 saturated carbocycles. The molecule has 0 aromatic carbocycles. The van der Waals surface area contributed by atoms with Crippen LogP contribution in [0.3, 0.4) is 0 Å². The molecule has 0 spiro atoms. The summed E-state index contributed by atoms with van der Waals surface area (Å²) in [5.41, 5.74) is 8.29. The number of hydrogen-bond donors (Lipinski definition) is 1. The number of piperazine rings is 1. The monoisotopic (exact) mass is 290 g/mol. The summed E-state index contributed by atoms with van der Waals surface area (Å²) in [5, 5.41) is 0. The largest absolute Gasteiger partial charge is 0.336 e. The van der Waals surface area contributed by atoms with Crippen LogP contribution in [0.5, 0.6) is 0 Å². The minimum absolute atomic E-state index is 0.0976. The summed E-state index contributed by atoms with van der Waals surface area (Å²) in [6, 6.07) is 4.23. The van der Waals surface area contributed by atoms with Gasteiger partial charge in [0.25, 0.3) is 5.91 Å². The van der Waals surface area contributed by atoms with E-state index in [1.165, 1.54) is 0 Å². The second-order valence-electron chi connectivity index (χ2n) is 5.71. The molecule has 1 aromatic heterocycles. The predicted octanol–water partition coefficient (Wildman–Crippen LogP) is 1.19. The van der Waals surface area contributed by atoms with Gasteiger partial charge in [-0.25, -0.2) is 0 Å². The van der Waals surface area contributed by atoms with Gasteiger partial charge in [0.2, 0.25) is 0 Å². The van der Waals surface area contributed by atoms with Crippen LogP contribution in [-0.4, -0.2) is 59.5 Å². The van der Waals surface area contributed by atoms with Crippen LogP contribution >= 0.6 is 0 Å². The van der Waals surface area contributed by atoms with Gasteiger partial charge in [-0.05, 0) is 32.4 Å². The van der Waals surface area contributed by atoms with Gasteiger partial charge in [-0.3, -0.25) is 14.7 Å². The molecule has 1 aromatic rings. The van der Waals surface area contributed by atoms with Crippen LogP contribution in [0.1, 0.15) is 35.1 Å². The number of carbonyl (C=O) groups excluding carboxylic acids is 1. The lowest BCUT2D eigenvalue weighted by Crippen LogP contribution is -2.53. The fourth-order valence-electron chi connectivity index (χ4n) is 2.95. The summed E-state index contributed by atoms with van der Waals surface area (Å²) >= 11 is 0. The van der Waals surface area contributed by atoms with Crippen molar-refractivity contribution in [2.24, 2.45) is 5.73 Å². The Labute approximate surface area is 127 Å². The number of carbonyl (C=O) groups is 1. The van der Waals surface area contributed by atoms with Crippen LogP contribution < -0.4 is 5.73 Å².